The molecule has 5 heterocycles. The van der Waals surface area contributed by atoms with Gasteiger partial charge in [0.15, 0.2) is 0 Å². The smallest absolute Gasteiger partial charge is 0.367 e. The van der Waals surface area contributed by atoms with Gasteiger partial charge in [-0.15, -0.1) is 11.3 Å². The summed E-state index contributed by atoms with van der Waals surface area (Å²) in [5, 5.41) is 15.2. The van der Waals surface area contributed by atoms with Gasteiger partial charge in [-0.2, -0.15) is 31.2 Å². The van der Waals surface area contributed by atoms with Crippen molar-refractivity contribution >= 4 is 48.5 Å². The number of thiophene rings is 1. The lowest BCUT2D eigenvalue weighted by Crippen LogP contribution is -2.54. The van der Waals surface area contributed by atoms with Crippen LogP contribution in [-0.2, 0) is 29.7 Å². The molecule has 17 heteroatoms. The second-order valence-electron chi connectivity index (χ2n) is 13.1. The van der Waals surface area contributed by atoms with Crippen molar-refractivity contribution in [2.24, 2.45) is 5.73 Å². The number of piperidine rings is 1. The maximum atomic E-state index is 13.0. The van der Waals surface area contributed by atoms with Crippen molar-refractivity contribution in [2.75, 3.05) is 57.7 Å². The Hall–Kier alpha value is -3.37. The molecule has 4 aromatic rings. The zero-order valence-corrected chi connectivity index (χ0v) is 29.8. The van der Waals surface area contributed by atoms with E-state index in [0.29, 0.717) is 54.5 Å². The number of hydrogen-bond donors (Lipinski definition) is 3. The number of rotatable bonds is 12. The van der Waals surface area contributed by atoms with E-state index in [9.17, 15) is 26.9 Å². The van der Waals surface area contributed by atoms with E-state index in [1.165, 1.54) is 16.2 Å². The molecule has 0 saturated carbocycles. The molecule has 2 aliphatic heterocycles. The van der Waals surface area contributed by atoms with Gasteiger partial charge in [0.05, 0.1) is 11.8 Å². The van der Waals surface area contributed by atoms with Gasteiger partial charge in [-0.25, -0.2) is 14.7 Å². The van der Waals surface area contributed by atoms with Crippen molar-refractivity contribution in [1.29, 1.82) is 5.26 Å². The van der Waals surface area contributed by atoms with Crippen LogP contribution in [0.25, 0.3) is 21.1 Å². The van der Waals surface area contributed by atoms with Gasteiger partial charge in [0.1, 0.15) is 28.7 Å². The molecule has 6 rings (SSSR count). The number of likely N-dealkylation sites (tertiary alicyclic amines) is 1. The molecule has 1 aromatic carbocycles. The molecule has 3 aromatic heterocycles. The summed E-state index contributed by atoms with van der Waals surface area (Å²) in [5.74, 6) is 0.581. The Morgan fingerprint density at radius 3 is 2.52 bits per heavy atom. The summed E-state index contributed by atoms with van der Waals surface area (Å²) in [6.45, 7) is 9.74. The van der Waals surface area contributed by atoms with Gasteiger partial charge in [0, 0.05) is 93.3 Å². The number of nitrogens with two attached hydrogens (primary N) is 1. The van der Waals surface area contributed by atoms with E-state index in [4.69, 9.17) is 5.73 Å². The van der Waals surface area contributed by atoms with E-state index < -0.39 is 22.8 Å². The Balaban J connectivity index is 1.06. The number of hydrogen-bond acceptors (Lipinski definition) is 10. The Kier molecular flexibility index (Phi) is 11.0. The normalized spacial score (nSPS) is 18.2. The van der Waals surface area contributed by atoms with Crippen LogP contribution in [0.1, 0.15) is 41.5 Å². The van der Waals surface area contributed by atoms with Crippen LogP contribution >= 0.6 is 11.3 Å². The average Bonchev–Trinajstić information content (AvgIpc) is 3.66. The topological polar surface area (TPSA) is 148 Å². The highest BCUT2D eigenvalue weighted by molar-refractivity contribution is 7.87. The quantitative estimate of drug-likeness (QED) is 0.198. The van der Waals surface area contributed by atoms with Crippen LogP contribution in [0.3, 0.4) is 0 Å². The SMILES string of the molecule is Cc1c(CN2CCC(Nc3ncnc4sc(CC(F)(F)F)cc34)CC2)ccc2c1cc(C#N)n2CC(C)N1CCN(S(=O)(=O)NCCN)CC1. The van der Waals surface area contributed by atoms with Gasteiger partial charge >= 0.3 is 6.18 Å². The summed E-state index contributed by atoms with van der Waals surface area (Å²) in [6, 6.07) is 10.4. The van der Waals surface area contributed by atoms with Crippen LogP contribution in [0.15, 0.2) is 30.6 Å². The lowest BCUT2D eigenvalue weighted by Gasteiger charge is -2.37. The molecular formula is C33H43F3N10O2S2. The van der Waals surface area contributed by atoms with E-state index >= 15 is 0 Å². The summed E-state index contributed by atoms with van der Waals surface area (Å²) in [6.07, 6.45) is -2.11. The fourth-order valence-corrected chi connectivity index (χ4v) is 9.23. The van der Waals surface area contributed by atoms with E-state index in [-0.39, 0.29) is 30.1 Å². The minimum Gasteiger partial charge on any atom is -0.367 e. The van der Waals surface area contributed by atoms with Gasteiger partial charge in [-0.05, 0) is 56.0 Å². The highest BCUT2D eigenvalue weighted by atomic mass is 32.2. The first-order valence-electron chi connectivity index (χ1n) is 16.8. The zero-order chi connectivity index (χ0) is 35.6. The van der Waals surface area contributed by atoms with Crippen molar-refractivity contribution in [1.82, 2.24) is 33.4 Å². The fraction of sp³-hybridized carbons (Fsp3) is 0.545. The second kappa shape index (κ2) is 15.1. The number of nitrogens with one attached hydrogen (secondary N) is 2. The third-order valence-electron chi connectivity index (χ3n) is 9.77. The summed E-state index contributed by atoms with van der Waals surface area (Å²) in [4.78, 5) is 14.0. The Labute approximate surface area is 294 Å². The first kappa shape index (κ1) is 36.4. The number of benzene rings is 1. The molecular weight excluding hydrogens is 690 g/mol. The van der Waals surface area contributed by atoms with E-state index in [1.54, 1.807) is 6.07 Å². The largest absolute Gasteiger partial charge is 0.393 e. The molecule has 50 heavy (non-hydrogen) atoms. The molecule has 0 aliphatic carbocycles. The van der Waals surface area contributed by atoms with E-state index in [2.05, 4.69) is 66.4 Å². The first-order valence-corrected chi connectivity index (χ1v) is 19.1. The number of nitriles is 1. The number of aromatic nitrogens is 3. The highest BCUT2D eigenvalue weighted by Gasteiger charge is 2.31. The van der Waals surface area contributed by atoms with Gasteiger partial charge in [-0.1, -0.05) is 6.07 Å². The zero-order valence-electron chi connectivity index (χ0n) is 28.2. The predicted octanol–water partition coefficient (Wildman–Crippen LogP) is 3.81. The van der Waals surface area contributed by atoms with Crippen LogP contribution in [0.5, 0.6) is 0 Å². The van der Waals surface area contributed by atoms with Gasteiger partial charge in [0.2, 0.25) is 0 Å². The highest BCUT2D eigenvalue weighted by Crippen LogP contribution is 2.33. The molecule has 12 nitrogen and oxygen atoms in total. The van der Waals surface area contributed by atoms with Gasteiger partial charge in [-0.3, -0.25) is 9.80 Å². The summed E-state index contributed by atoms with van der Waals surface area (Å²) in [5.41, 5.74) is 9.41. The average molecular weight is 733 g/mol. The summed E-state index contributed by atoms with van der Waals surface area (Å²) < 4.78 is 70.0. The molecule has 1 unspecified atom stereocenters. The minimum absolute atomic E-state index is 0.0922. The number of halogens is 3. The molecule has 2 saturated heterocycles. The maximum absolute atomic E-state index is 13.0. The monoisotopic (exact) mass is 732 g/mol. The van der Waals surface area contributed by atoms with E-state index in [1.807, 2.05) is 6.07 Å². The minimum atomic E-state index is -4.27. The first-order chi connectivity index (χ1) is 23.8. The maximum Gasteiger partial charge on any atom is 0.393 e. The van der Waals surface area contributed by atoms with Crippen molar-refractivity contribution in [3.63, 3.8) is 0 Å². The number of aryl methyl sites for hydroxylation is 1. The Morgan fingerprint density at radius 1 is 1.10 bits per heavy atom. The molecule has 0 bridgehead atoms. The number of nitrogens with zero attached hydrogens (tertiary/aromatic N) is 7. The third-order valence-corrected chi connectivity index (χ3v) is 12.4. The van der Waals surface area contributed by atoms with Crippen molar-refractivity contribution in [3.05, 3.63) is 52.3 Å². The second-order valence-corrected chi connectivity index (χ2v) is 16.0. The van der Waals surface area contributed by atoms with Gasteiger partial charge < -0.3 is 15.6 Å². The lowest BCUT2D eigenvalue weighted by atomic mass is 10.0. The predicted molar refractivity (Wildman–Crippen MR) is 189 cm³/mol. The molecule has 4 N–H and O–H groups in total. The molecule has 270 valence electrons. The number of anilines is 1. The van der Waals surface area contributed by atoms with Crippen LogP contribution in [0, 0.1) is 18.3 Å². The van der Waals surface area contributed by atoms with Crippen LogP contribution in [0.2, 0.25) is 0 Å². The van der Waals surface area contributed by atoms with Gasteiger partial charge in [0.25, 0.3) is 10.2 Å². The van der Waals surface area contributed by atoms with Crippen LogP contribution in [-0.4, -0.2) is 108 Å². The Morgan fingerprint density at radius 2 is 1.84 bits per heavy atom. The number of piperazine rings is 1. The van der Waals surface area contributed by atoms with Crippen molar-refractivity contribution in [3.8, 4) is 6.07 Å². The van der Waals surface area contributed by atoms with Crippen molar-refractivity contribution < 1.29 is 21.6 Å². The molecule has 1 atom stereocenters. The lowest BCUT2D eigenvalue weighted by molar-refractivity contribution is -0.126. The van der Waals surface area contributed by atoms with Crippen molar-refractivity contribution in [2.45, 2.75) is 64.5 Å². The van der Waals surface area contributed by atoms with Crippen LogP contribution in [0.4, 0.5) is 19.0 Å². The molecule has 0 amide bonds. The molecule has 0 radical (unpaired) electrons. The number of alkyl halides is 3. The Bertz CT molecular complexity index is 1960. The fourth-order valence-electron chi connectivity index (χ4n) is 7.00. The molecule has 2 aliphatic rings. The summed E-state index contributed by atoms with van der Waals surface area (Å²) >= 11 is 1.05. The van der Waals surface area contributed by atoms with Crippen LogP contribution < -0.4 is 15.8 Å². The third kappa shape index (κ3) is 8.23. The van der Waals surface area contributed by atoms with E-state index in [0.717, 1.165) is 60.3 Å². The molecule has 0 spiro atoms. The molecule has 2 fully saturated rings. The summed E-state index contributed by atoms with van der Waals surface area (Å²) in [7, 11) is -3.54. The standard InChI is InChI=1S/C33H43F3N10O2S2/c1-22(44-11-13-45(14-12-44)50(47,48)41-8-7-37)19-46-26(18-38)15-28-23(2)24(3-4-30(28)46)20-43-9-5-25(6-10-43)42-31-29-16-27(17-33(34,35)36)49-32(29)40-21-39-31/h3-4,15-16,21-22,25,41H,5-14,17,19-20,37H2,1-2H3,(H,39,40,42). The number of fused-ring (bicyclic) bond motifs is 2.